The lowest BCUT2D eigenvalue weighted by molar-refractivity contribution is -0.137. The lowest BCUT2D eigenvalue weighted by atomic mass is 10.1. The van der Waals surface area contributed by atoms with Gasteiger partial charge in [-0.25, -0.2) is 4.98 Å². The zero-order chi connectivity index (χ0) is 22.0. The molecule has 3 nitrogen and oxygen atoms in total. The standard InChI is InChI=1S/C24H21ClF3N3/c1-2-16-8-10-18(11-9-16)31-22-14-20(25)19(24(26,27)28)13-21(22)30-23(31)7-3-5-17-6-4-12-29-15-17/h4,6,8-15H,2-3,5,7H2,1H3. The number of fused-ring (bicyclic) bond motifs is 1. The molecule has 0 aliphatic heterocycles. The summed E-state index contributed by atoms with van der Waals surface area (Å²) in [4.78, 5) is 8.69. The highest BCUT2D eigenvalue weighted by Crippen LogP contribution is 2.38. The van der Waals surface area contributed by atoms with Gasteiger partial charge in [0.15, 0.2) is 0 Å². The molecule has 0 N–H and O–H groups in total. The Labute approximate surface area is 183 Å². The van der Waals surface area contributed by atoms with E-state index in [0.717, 1.165) is 36.6 Å². The Morgan fingerprint density at radius 1 is 1.00 bits per heavy atom. The van der Waals surface area contributed by atoms with Gasteiger partial charge in [-0.3, -0.25) is 9.55 Å². The van der Waals surface area contributed by atoms with Crippen LogP contribution >= 0.6 is 11.6 Å². The smallest absolute Gasteiger partial charge is 0.296 e. The van der Waals surface area contributed by atoms with Crippen LogP contribution in [-0.2, 0) is 25.4 Å². The molecule has 2 aromatic carbocycles. The number of aromatic nitrogens is 3. The van der Waals surface area contributed by atoms with Crippen LogP contribution in [0.1, 0.15) is 35.9 Å². The first-order valence-electron chi connectivity index (χ1n) is 10.1. The van der Waals surface area contributed by atoms with E-state index in [9.17, 15) is 13.2 Å². The number of hydrogen-bond acceptors (Lipinski definition) is 2. The molecule has 31 heavy (non-hydrogen) atoms. The van der Waals surface area contributed by atoms with Gasteiger partial charge in [0.25, 0.3) is 0 Å². The molecule has 7 heteroatoms. The van der Waals surface area contributed by atoms with Crippen LogP contribution in [0.4, 0.5) is 13.2 Å². The monoisotopic (exact) mass is 443 g/mol. The van der Waals surface area contributed by atoms with Gasteiger partial charge in [0.05, 0.1) is 21.6 Å². The van der Waals surface area contributed by atoms with Crippen molar-refractivity contribution in [3.63, 3.8) is 0 Å². The van der Waals surface area contributed by atoms with Crippen LogP contribution in [0.2, 0.25) is 5.02 Å². The van der Waals surface area contributed by atoms with Gasteiger partial charge < -0.3 is 0 Å². The van der Waals surface area contributed by atoms with Crippen LogP contribution in [0.5, 0.6) is 0 Å². The topological polar surface area (TPSA) is 30.7 Å². The van der Waals surface area contributed by atoms with E-state index < -0.39 is 11.7 Å². The summed E-state index contributed by atoms with van der Waals surface area (Å²) in [5.41, 5.74) is 3.14. The third kappa shape index (κ3) is 4.59. The first kappa shape index (κ1) is 21.4. The van der Waals surface area contributed by atoms with E-state index in [1.807, 2.05) is 47.2 Å². The van der Waals surface area contributed by atoms with Gasteiger partial charge in [0.1, 0.15) is 5.82 Å². The van der Waals surface area contributed by atoms with Crippen molar-refractivity contribution in [1.29, 1.82) is 0 Å². The third-order valence-corrected chi connectivity index (χ3v) is 5.62. The number of benzene rings is 2. The molecule has 2 heterocycles. The second kappa shape index (κ2) is 8.71. The molecule has 0 aliphatic carbocycles. The molecular weight excluding hydrogens is 423 g/mol. The molecule has 0 fully saturated rings. The summed E-state index contributed by atoms with van der Waals surface area (Å²) in [5, 5.41) is -0.326. The second-order valence-corrected chi connectivity index (χ2v) is 7.82. The van der Waals surface area contributed by atoms with Crippen molar-refractivity contribution >= 4 is 22.6 Å². The lowest BCUT2D eigenvalue weighted by Crippen LogP contribution is -2.06. The van der Waals surface area contributed by atoms with Crippen LogP contribution in [0.3, 0.4) is 0 Å². The van der Waals surface area contributed by atoms with E-state index in [0.29, 0.717) is 17.8 Å². The van der Waals surface area contributed by atoms with Gasteiger partial charge in [-0.2, -0.15) is 13.2 Å². The van der Waals surface area contributed by atoms with Crippen molar-refractivity contribution in [2.45, 2.75) is 38.8 Å². The average molecular weight is 444 g/mol. The van der Waals surface area contributed by atoms with Crippen LogP contribution in [0.25, 0.3) is 16.7 Å². The van der Waals surface area contributed by atoms with Gasteiger partial charge in [-0.15, -0.1) is 0 Å². The summed E-state index contributed by atoms with van der Waals surface area (Å²) in [6, 6.07) is 14.3. The minimum absolute atomic E-state index is 0.285. The van der Waals surface area contributed by atoms with E-state index >= 15 is 0 Å². The predicted molar refractivity (Wildman–Crippen MR) is 117 cm³/mol. The Balaban J connectivity index is 1.76. The number of pyridine rings is 1. The molecule has 4 aromatic rings. The molecule has 0 aliphatic rings. The summed E-state index contributed by atoms with van der Waals surface area (Å²) < 4.78 is 42.0. The van der Waals surface area contributed by atoms with E-state index in [1.165, 1.54) is 11.6 Å². The number of rotatable bonds is 6. The number of imidazole rings is 1. The van der Waals surface area contributed by atoms with Gasteiger partial charge in [-0.05, 0) is 60.7 Å². The fourth-order valence-electron chi connectivity index (χ4n) is 3.70. The molecule has 0 atom stereocenters. The number of aryl methyl sites for hydroxylation is 3. The van der Waals surface area contributed by atoms with E-state index in [-0.39, 0.29) is 10.5 Å². The zero-order valence-corrected chi connectivity index (χ0v) is 17.7. The van der Waals surface area contributed by atoms with Crippen LogP contribution < -0.4 is 0 Å². The molecule has 0 radical (unpaired) electrons. The molecule has 2 aromatic heterocycles. The quantitative estimate of drug-likeness (QED) is 0.327. The average Bonchev–Trinajstić information content (AvgIpc) is 3.10. The summed E-state index contributed by atoms with van der Waals surface area (Å²) in [6.45, 7) is 2.07. The van der Waals surface area contributed by atoms with Gasteiger partial charge in [0.2, 0.25) is 0 Å². The van der Waals surface area contributed by atoms with Gasteiger partial charge >= 0.3 is 6.18 Å². The normalized spacial score (nSPS) is 11.9. The first-order chi connectivity index (χ1) is 14.9. The maximum Gasteiger partial charge on any atom is 0.417 e. The van der Waals surface area contributed by atoms with Gasteiger partial charge in [0, 0.05) is 24.5 Å². The van der Waals surface area contributed by atoms with Crippen molar-refractivity contribution in [1.82, 2.24) is 14.5 Å². The molecule has 0 bridgehead atoms. The van der Waals surface area contributed by atoms with Crippen molar-refractivity contribution in [2.24, 2.45) is 0 Å². The molecule has 0 saturated heterocycles. The highest BCUT2D eigenvalue weighted by Gasteiger charge is 2.34. The minimum Gasteiger partial charge on any atom is -0.296 e. The van der Waals surface area contributed by atoms with Crippen LogP contribution in [-0.4, -0.2) is 14.5 Å². The Morgan fingerprint density at radius 3 is 2.42 bits per heavy atom. The van der Waals surface area contributed by atoms with Crippen LogP contribution in [0.15, 0.2) is 60.9 Å². The molecule has 0 amide bonds. The zero-order valence-electron chi connectivity index (χ0n) is 17.0. The summed E-state index contributed by atoms with van der Waals surface area (Å²) in [7, 11) is 0. The minimum atomic E-state index is -4.53. The molecular formula is C24H21ClF3N3. The van der Waals surface area contributed by atoms with Gasteiger partial charge in [-0.1, -0.05) is 36.7 Å². The van der Waals surface area contributed by atoms with E-state index in [1.54, 1.807) is 6.20 Å². The summed E-state index contributed by atoms with van der Waals surface area (Å²) in [5.74, 6) is 0.707. The Kier molecular flexibility index (Phi) is 6.01. The Hall–Kier alpha value is -2.86. The lowest BCUT2D eigenvalue weighted by Gasteiger charge is -2.12. The number of nitrogens with zero attached hydrogens (tertiary/aromatic N) is 3. The fourth-order valence-corrected chi connectivity index (χ4v) is 3.96. The molecule has 0 unspecified atom stereocenters. The first-order valence-corrected chi connectivity index (χ1v) is 10.5. The summed E-state index contributed by atoms with van der Waals surface area (Å²) in [6.07, 6.45) is 2.13. The molecule has 0 spiro atoms. The van der Waals surface area contributed by atoms with Crippen LogP contribution in [0, 0.1) is 0 Å². The molecule has 4 rings (SSSR count). The van der Waals surface area contributed by atoms with Crippen molar-refractivity contribution in [3.8, 4) is 5.69 Å². The fraction of sp³-hybridized carbons (Fsp3) is 0.250. The highest BCUT2D eigenvalue weighted by atomic mass is 35.5. The number of halogens is 4. The van der Waals surface area contributed by atoms with E-state index in [4.69, 9.17) is 11.6 Å². The second-order valence-electron chi connectivity index (χ2n) is 7.42. The van der Waals surface area contributed by atoms with Crippen molar-refractivity contribution in [3.05, 3.63) is 88.5 Å². The largest absolute Gasteiger partial charge is 0.417 e. The molecule has 0 saturated carbocycles. The Bertz CT molecular complexity index is 1180. The molecule has 160 valence electrons. The van der Waals surface area contributed by atoms with Crippen molar-refractivity contribution < 1.29 is 13.2 Å². The summed E-state index contributed by atoms with van der Waals surface area (Å²) >= 11 is 6.02. The van der Waals surface area contributed by atoms with Crippen molar-refractivity contribution in [2.75, 3.05) is 0 Å². The maximum atomic E-state index is 13.4. The highest BCUT2D eigenvalue weighted by molar-refractivity contribution is 6.32. The number of hydrogen-bond donors (Lipinski definition) is 0. The maximum absolute atomic E-state index is 13.4. The van der Waals surface area contributed by atoms with E-state index in [2.05, 4.69) is 16.9 Å². The third-order valence-electron chi connectivity index (χ3n) is 5.31. The number of alkyl halides is 3. The SMILES string of the molecule is CCc1ccc(-n2c(CCCc3cccnc3)nc3cc(C(F)(F)F)c(Cl)cc32)cc1. The predicted octanol–water partition coefficient (Wildman–Crippen LogP) is 6.83. The Morgan fingerprint density at radius 2 is 1.77 bits per heavy atom.